The third kappa shape index (κ3) is 4.81. The Hall–Kier alpha value is -2.51. The smallest absolute Gasteiger partial charge is 0.408 e. The second-order valence-corrected chi connectivity index (χ2v) is 8.09. The van der Waals surface area contributed by atoms with E-state index in [0.29, 0.717) is 6.42 Å². The SMILES string of the molecule is COC(=O)C(CC1C(=O)NC2(C)CC=CC=C2N1C)NC(=O)OC(C)(C)C. The third-order valence-electron chi connectivity index (χ3n) is 4.67. The Morgan fingerprint density at radius 1 is 1.44 bits per heavy atom. The van der Waals surface area contributed by atoms with Crippen LogP contribution in [0, 0.1) is 0 Å². The van der Waals surface area contributed by atoms with Crippen LogP contribution in [0.4, 0.5) is 4.79 Å². The second-order valence-electron chi connectivity index (χ2n) is 8.09. The van der Waals surface area contributed by atoms with Crippen LogP contribution in [-0.4, -0.2) is 60.3 Å². The van der Waals surface area contributed by atoms with Crippen molar-refractivity contribution in [3.63, 3.8) is 0 Å². The van der Waals surface area contributed by atoms with Gasteiger partial charge in [-0.05, 0) is 40.2 Å². The molecule has 0 aromatic rings. The normalized spacial score (nSPS) is 25.7. The van der Waals surface area contributed by atoms with Crippen LogP contribution >= 0.6 is 0 Å². The molecular weight excluding hydrogens is 350 g/mol. The standard InChI is InChI=1S/C19H29N3O5/c1-18(2,3)27-17(25)20-12(16(24)26-6)11-13-15(23)21-19(4)10-8-7-9-14(19)22(13)5/h7-9,12-13H,10-11H2,1-6H3,(H,20,25)(H,21,23). The van der Waals surface area contributed by atoms with Crippen molar-refractivity contribution in [1.29, 1.82) is 0 Å². The van der Waals surface area contributed by atoms with Crippen LogP contribution in [0.25, 0.3) is 0 Å². The highest BCUT2D eigenvalue weighted by Crippen LogP contribution is 2.33. The topological polar surface area (TPSA) is 97.0 Å². The first-order valence-corrected chi connectivity index (χ1v) is 8.96. The zero-order valence-electron chi connectivity index (χ0n) is 16.8. The summed E-state index contributed by atoms with van der Waals surface area (Å²) in [6.07, 6.45) is 5.91. The Kier molecular flexibility index (Phi) is 5.87. The molecule has 150 valence electrons. The van der Waals surface area contributed by atoms with E-state index in [1.807, 2.05) is 37.1 Å². The summed E-state index contributed by atoms with van der Waals surface area (Å²) in [4.78, 5) is 38.9. The summed E-state index contributed by atoms with van der Waals surface area (Å²) in [6, 6.07) is -1.64. The zero-order chi connectivity index (χ0) is 20.4. The lowest BCUT2D eigenvalue weighted by molar-refractivity contribution is -0.144. The van der Waals surface area contributed by atoms with E-state index in [9.17, 15) is 14.4 Å². The van der Waals surface area contributed by atoms with Gasteiger partial charge in [0.15, 0.2) is 0 Å². The molecule has 0 saturated carbocycles. The van der Waals surface area contributed by atoms with Gasteiger partial charge in [0.05, 0.1) is 12.6 Å². The number of allylic oxidation sites excluding steroid dienone is 2. The average molecular weight is 379 g/mol. The fraction of sp³-hybridized carbons (Fsp3) is 0.632. The van der Waals surface area contributed by atoms with E-state index >= 15 is 0 Å². The van der Waals surface area contributed by atoms with Crippen LogP contribution < -0.4 is 10.6 Å². The van der Waals surface area contributed by atoms with Gasteiger partial charge < -0.3 is 25.0 Å². The molecule has 0 bridgehead atoms. The first kappa shape index (κ1) is 20.8. The van der Waals surface area contributed by atoms with E-state index in [1.54, 1.807) is 20.8 Å². The van der Waals surface area contributed by atoms with Crippen LogP contribution in [0.15, 0.2) is 23.9 Å². The number of alkyl carbamates (subject to hydrolysis) is 1. The number of hydrogen-bond donors (Lipinski definition) is 2. The Morgan fingerprint density at radius 3 is 2.70 bits per heavy atom. The third-order valence-corrected chi connectivity index (χ3v) is 4.67. The molecule has 8 nitrogen and oxygen atoms in total. The monoisotopic (exact) mass is 379 g/mol. The molecule has 2 aliphatic rings. The number of carbonyl (C=O) groups is 3. The maximum absolute atomic E-state index is 12.7. The highest BCUT2D eigenvalue weighted by atomic mass is 16.6. The zero-order valence-corrected chi connectivity index (χ0v) is 16.8. The number of methoxy groups -OCH3 is 1. The van der Waals surface area contributed by atoms with E-state index in [4.69, 9.17) is 9.47 Å². The van der Waals surface area contributed by atoms with Gasteiger partial charge >= 0.3 is 12.1 Å². The van der Waals surface area contributed by atoms with Gasteiger partial charge in [-0.1, -0.05) is 12.2 Å². The number of likely N-dealkylation sites (N-methyl/N-ethyl adjacent to an activating group) is 1. The number of esters is 1. The van der Waals surface area contributed by atoms with Crippen LogP contribution in [0.1, 0.15) is 40.5 Å². The lowest BCUT2D eigenvalue weighted by atomic mass is 9.84. The van der Waals surface area contributed by atoms with Gasteiger partial charge in [0.25, 0.3) is 0 Å². The minimum Gasteiger partial charge on any atom is -0.467 e. The van der Waals surface area contributed by atoms with Crippen LogP contribution in [0.2, 0.25) is 0 Å². The number of amides is 2. The molecule has 0 spiro atoms. The molecule has 1 saturated heterocycles. The summed E-state index contributed by atoms with van der Waals surface area (Å²) in [5.41, 5.74) is -0.225. The summed E-state index contributed by atoms with van der Waals surface area (Å²) in [5.74, 6) is -0.833. The van der Waals surface area contributed by atoms with Gasteiger partial charge in [-0.2, -0.15) is 0 Å². The molecule has 2 N–H and O–H groups in total. The van der Waals surface area contributed by atoms with Gasteiger partial charge in [0, 0.05) is 19.2 Å². The van der Waals surface area contributed by atoms with Crippen molar-refractivity contribution in [2.24, 2.45) is 0 Å². The van der Waals surface area contributed by atoms with Crippen molar-refractivity contribution >= 4 is 18.0 Å². The van der Waals surface area contributed by atoms with E-state index in [-0.39, 0.29) is 12.3 Å². The number of rotatable bonds is 4. The molecule has 8 heteroatoms. The van der Waals surface area contributed by atoms with Gasteiger partial charge in [-0.15, -0.1) is 0 Å². The lowest BCUT2D eigenvalue weighted by Gasteiger charge is -2.48. The van der Waals surface area contributed by atoms with Gasteiger partial charge in [0.1, 0.15) is 17.7 Å². The van der Waals surface area contributed by atoms with E-state index in [1.165, 1.54) is 7.11 Å². The maximum Gasteiger partial charge on any atom is 0.408 e. The van der Waals surface area contributed by atoms with Gasteiger partial charge in [-0.3, -0.25) is 4.79 Å². The van der Waals surface area contributed by atoms with Crippen LogP contribution in [0.5, 0.6) is 0 Å². The summed E-state index contributed by atoms with van der Waals surface area (Å²) in [7, 11) is 3.05. The quantitative estimate of drug-likeness (QED) is 0.718. The fourth-order valence-corrected chi connectivity index (χ4v) is 3.37. The Morgan fingerprint density at radius 2 is 2.11 bits per heavy atom. The molecule has 0 aromatic carbocycles. The Balaban J connectivity index is 2.17. The second kappa shape index (κ2) is 7.62. The average Bonchev–Trinajstić information content (AvgIpc) is 2.54. The van der Waals surface area contributed by atoms with Crippen molar-refractivity contribution in [3.05, 3.63) is 23.9 Å². The lowest BCUT2D eigenvalue weighted by Crippen LogP contribution is -2.64. The van der Waals surface area contributed by atoms with E-state index in [2.05, 4.69) is 10.6 Å². The minimum absolute atomic E-state index is 0.0609. The molecule has 2 rings (SSSR count). The van der Waals surface area contributed by atoms with Crippen LogP contribution in [-0.2, 0) is 19.1 Å². The Labute approximate surface area is 159 Å². The molecule has 27 heavy (non-hydrogen) atoms. The first-order chi connectivity index (χ1) is 12.5. The number of carbonyl (C=O) groups excluding carboxylic acids is 3. The highest BCUT2D eigenvalue weighted by molar-refractivity contribution is 5.87. The van der Waals surface area contributed by atoms with Gasteiger partial charge in [0.2, 0.25) is 5.91 Å². The molecule has 1 heterocycles. The number of fused-ring (bicyclic) bond motifs is 1. The van der Waals surface area contributed by atoms with Crippen molar-refractivity contribution in [3.8, 4) is 0 Å². The first-order valence-electron chi connectivity index (χ1n) is 8.96. The van der Waals surface area contributed by atoms with Crippen LogP contribution in [0.3, 0.4) is 0 Å². The van der Waals surface area contributed by atoms with Crippen molar-refractivity contribution in [1.82, 2.24) is 15.5 Å². The molecule has 0 aromatic heterocycles. The highest BCUT2D eigenvalue weighted by Gasteiger charge is 2.44. The fourth-order valence-electron chi connectivity index (χ4n) is 3.37. The number of ether oxygens (including phenoxy) is 2. The van der Waals surface area contributed by atoms with E-state index < -0.39 is 35.3 Å². The Bertz CT molecular complexity index is 679. The molecule has 3 atom stereocenters. The number of hydrogen-bond acceptors (Lipinski definition) is 6. The largest absolute Gasteiger partial charge is 0.467 e. The summed E-state index contributed by atoms with van der Waals surface area (Å²) in [6.45, 7) is 7.15. The molecule has 1 aliphatic carbocycles. The van der Waals surface area contributed by atoms with Crippen molar-refractivity contribution in [2.45, 2.75) is 63.8 Å². The summed E-state index contributed by atoms with van der Waals surface area (Å²) in [5, 5.41) is 5.55. The van der Waals surface area contributed by atoms with Crippen molar-refractivity contribution in [2.75, 3.05) is 14.2 Å². The molecule has 0 radical (unpaired) electrons. The molecular formula is C19H29N3O5. The van der Waals surface area contributed by atoms with Crippen molar-refractivity contribution < 1.29 is 23.9 Å². The maximum atomic E-state index is 12.7. The number of nitrogens with zero attached hydrogens (tertiary/aromatic N) is 1. The predicted molar refractivity (Wildman–Crippen MR) is 99.7 cm³/mol. The minimum atomic E-state index is -1.01. The summed E-state index contributed by atoms with van der Waals surface area (Å²) >= 11 is 0. The van der Waals surface area contributed by atoms with E-state index in [0.717, 1.165) is 5.70 Å². The summed E-state index contributed by atoms with van der Waals surface area (Å²) < 4.78 is 10.0. The molecule has 1 fully saturated rings. The number of piperazine rings is 1. The molecule has 2 amide bonds. The van der Waals surface area contributed by atoms with Gasteiger partial charge in [-0.25, -0.2) is 9.59 Å². The molecule has 3 unspecified atom stereocenters. The number of nitrogens with one attached hydrogen (secondary N) is 2. The molecule has 1 aliphatic heterocycles. The predicted octanol–water partition coefficient (Wildman–Crippen LogP) is 1.48.